The van der Waals surface area contributed by atoms with Crippen molar-refractivity contribution in [1.29, 1.82) is 0 Å². The number of phenols is 3. The molecular formula is C45H42Cl6N4O15S3. The normalized spacial score (nSPS) is 11.1. The molecule has 0 aliphatic carbocycles. The monoisotopic (exact) mass is 1180 g/mol. The summed E-state index contributed by atoms with van der Waals surface area (Å²) in [6.07, 6.45) is 0. The van der Waals surface area contributed by atoms with E-state index in [1.165, 1.54) is 111 Å². The van der Waals surface area contributed by atoms with Crippen molar-refractivity contribution >= 4 is 135 Å². The molecule has 6 rings (SSSR count). The summed E-state index contributed by atoms with van der Waals surface area (Å²) >= 11 is 34.3. The lowest BCUT2D eigenvalue weighted by Crippen LogP contribution is -2.21. The molecule has 9 N–H and O–H groups in total. The maximum Gasteiger partial charge on any atom is 0.296 e. The number of aromatic hydroxyl groups is 3. The zero-order valence-corrected chi connectivity index (χ0v) is 44.8. The van der Waals surface area contributed by atoms with Crippen molar-refractivity contribution in [3.8, 4) is 17.2 Å². The molecule has 73 heavy (non-hydrogen) atoms. The Labute approximate surface area is 449 Å². The number of halogens is 6. The molecule has 0 radical (unpaired) electrons. The molecule has 392 valence electrons. The molecule has 6 aromatic carbocycles. The summed E-state index contributed by atoms with van der Waals surface area (Å²) in [5.41, 5.74) is -0.269. The SMILES string of the molecule is CCN(CC)CC.O=C(Nc1ccccc1S(=O)(=O)O)c1cc(Cl)c(O)c(Cl)c1.O=C(Nc1ccccc1S(=O)(=O)O)c1cc(Cl)c(O)c(Cl)c1.O=C(Nc1ccccc1S(=O)(=O)O)c1cc(Cl)c(O)c(Cl)c1. The van der Waals surface area contributed by atoms with Gasteiger partial charge in [0.15, 0.2) is 17.2 Å². The molecule has 0 unspecified atom stereocenters. The first-order valence-electron chi connectivity index (χ1n) is 20.3. The maximum absolute atomic E-state index is 12.1. The lowest BCUT2D eigenvalue weighted by Gasteiger charge is -2.13. The fourth-order valence-electron chi connectivity index (χ4n) is 5.73. The van der Waals surface area contributed by atoms with Crippen molar-refractivity contribution < 1.29 is 68.6 Å². The molecule has 0 atom stereocenters. The number of rotatable bonds is 12. The van der Waals surface area contributed by atoms with E-state index < -0.39 is 62.8 Å². The van der Waals surface area contributed by atoms with Crippen LogP contribution in [0.3, 0.4) is 0 Å². The number of anilines is 3. The van der Waals surface area contributed by atoms with Crippen LogP contribution in [0, 0.1) is 0 Å². The fraction of sp³-hybridized carbons (Fsp3) is 0.133. The Morgan fingerprint density at radius 2 is 0.603 bits per heavy atom. The number of carbonyl (C=O) groups excluding carboxylic acids is 3. The third kappa shape index (κ3) is 18.2. The summed E-state index contributed by atoms with van der Waals surface area (Å²) in [4.78, 5) is 37.4. The number of amides is 3. The average Bonchev–Trinajstić information content (AvgIpc) is 3.32. The Morgan fingerprint density at radius 3 is 0.767 bits per heavy atom. The van der Waals surface area contributed by atoms with E-state index in [9.17, 15) is 55.0 Å². The third-order valence-corrected chi connectivity index (χ3v) is 13.9. The number of benzene rings is 6. The predicted molar refractivity (Wildman–Crippen MR) is 280 cm³/mol. The van der Waals surface area contributed by atoms with E-state index in [0.29, 0.717) is 0 Å². The number of nitrogens with one attached hydrogen (secondary N) is 3. The Morgan fingerprint density at radius 1 is 0.411 bits per heavy atom. The first-order chi connectivity index (χ1) is 33.9. The molecular weight excluding hydrogens is 1150 g/mol. The molecule has 0 fully saturated rings. The van der Waals surface area contributed by atoms with Crippen LogP contribution in [0.4, 0.5) is 17.1 Å². The van der Waals surface area contributed by atoms with Crippen LogP contribution in [0.1, 0.15) is 51.8 Å². The van der Waals surface area contributed by atoms with Crippen molar-refractivity contribution in [2.24, 2.45) is 0 Å². The average molecular weight is 1190 g/mol. The van der Waals surface area contributed by atoms with Gasteiger partial charge in [0.25, 0.3) is 48.1 Å². The number of para-hydroxylation sites is 3. The van der Waals surface area contributed by atoms with Crippen LogP contribution >= 0.6 is 69.6 Å². The number of phenolic OH excluding ortho intramolecular Hbond substituents is 3. The van der Waals surface area contributed by atoms with Crippen LogP contribution in [-0.4, -0.2) is 96.5 Å². The summed E-state index contributed by atoms with van der Waals surface area (Å²) in [6, 6.07) is 23.0. The highest BCUT2D eigenvalue weighted by molar-refractivity contribution is 7.86. The topological polar surface area (TPSA) is 314 Å². The Kier molecular flexibility index (Phi) is 23.0. The number of carbonyl (C=O) groups is 3. The number of hydrogen-bond acceptors (Lipinski definition) is 13. The summed E-state index contributed by atoms with van der Waals surface area (Å²) < 4.78 is 94.9. The second-order valence-corrected chi connectivity index (χ2v) is 20.9. The van der Waals surface area contributed by atoms with Crippen molar-refractivity contribution in [2.75, 3.05) is 35.6 Å². The van der Waals surface area contributed by atoms with E-state index in [1.54, 1.807) is 0 Å². The minimum Gasteiger partial charge on any atom is -0.505 e. The summed E-state index contributed by atoms with van der Waals surface area (Å²) in [5, 5.41) is 34.6. The highest BCUT2D eigenvalue weighted by Crippen LogP contribution is 2.36. The van der Waals surface area contributed by atoms with Gasteiger partial charge in [-0.1, -0.05) is 127 Å². The molecule has 0 bridgehead atoms. The zero-order chi connectivity index (χ0) is 55.2. The quantitative estimate of drug-likeness (QED) is 0.0514. The second kappa shape index (κ2) is 27.2. The molecule has 0 saturated heterocycles. The maximum atomic E-state index is 12.1. The summed E-state index contributed by atoms with van der Waals surface area (Å²) in [6.45, 7) is 10.1. The molecule has 0 heterocycles. The first-order valence-corrected chi connectivity index (χ1v) is 26.9. The summed E-state index contributed by atoms with van der Waals surface area (Å²) in [7, 11) is -13.5. The van der Waals surface area contributed by atoms with Crippen molar-refractivity contribution in [3.05, 3.63) is 156 Å². The molecule has 0 saturated carbocycles. The van der Waals surface area contributed by atoms with Gasteiger partial charge in [-0.15, -0.1) is 0 Å². The number of hydrogen-bond donors (Lipinski definition) is 9. The standard InChI is InChI=1S/3C13H9Cl2NO5S.C6H15N/c3*14-8-5-7(6-9(15)12(8)17)13(18)16-10-3-1-2-4-11(10)22(19,20)21;1-4-7(5-2)6-3/h3*1-6,17H,(H,16,18)(H,19,20,21);4-6H2,1-3H3. The number of nitrogens with zero attached hydrogens (tertiary/aromatic N) is 1. The van der Waals surface area contributed by atoms with Gasteiger partial charge in [0, 0.05) is 16.7 Å². The van der Waals surface area contributed by atoms with Crippen LogP contribution in [0.5, 0.6) is 17.2 Å². The largest absolute Gasteiger partial charge is 0.505 e. The molecule has 0 aliphatic rings. The lowest BCUT2D eigenvalue weighted by molar-refractivity contribution is 0.101. The van der Waals surface area contributed by atoms with E-state index in [0.717, 1.165) is 18.2 Å². The van der Waals surface area contributed by atoms with Gasteiger partial charge < -0.3 is 36.2 Å². The molecule has 19 nitrogen and oxygen atoms in total. The molecule has 0 aromatic heterocycles. The van der Waals surface area contributed by atoms with Crippen molar-refractivity contribution in [3.63, 3.8) is 0 Å². The smallest absolute Gasteiger partial charge is 0.296 e. The van der Waals surface area contributed by atoms with Gasteiger partial charge >= 0.3 is 0 Å². The molecule has 0 spiro atoms. The van der Waals surface area contributed by atoms with E-state index in [1.807, 2.05) is 0 Å². The van der Waals surface area contributed by atoms with Gasteiger partial charge in [-0.2, -0.15) is 25.3 Å². The highest BCUT2D eigenvalue weighted by atomic mass is 35.5. The zero-order valence-electron chi connectivity index (χ0n) is 37.8. The second-order valence-electron chi connectivity index (χ2n) is 14.3. The van der Waals surface area contributed by atoms with E-state index >= 15 is 0 Å². The van der Waals surface area contributed by atoms with E-state index in [-0.39, 0.29) is 81.1 Å². The first kappa shape index (κ1) is 61.9. The van der Waals surface area contributed by atoms with Crippen LogP contribution in [0.15, 0.2) is 124 Å². The van der Waals surface area contributed by atoms with Gasteiger partial charge in [-0.3, -0.25) is 28.0 Å². The van der Waals surface area contributed by atoms with E-state index in [4.69, 9.17) is 83.3 Å². The fourth-order valence-corrected chi connectivity index (χ4v) is 9.13. The Bertz CT molecular complexity index is 2930. The minimum absolute atomic E-state index is 0.0120. The Balaban J connectivity index is 0.000000271. The van der Waals surface area contributed by atoms with Crippen molar-refractivity contribution in [2.45, 2.75) is 35.5 Å². The van der Waals surface area contributed by atoms with Gasteiger partial charge in [0.2, 0.25) is 0 Å². The van der Waals surface area contributed by atoms with Gasteiger partial charge in [-0.25, -0.2) is 0 Å². The molecule has 0 aliphatic heterocycles. The van der Waals surface area contributed by atoms with Crippen LogP contribution < -0.4 is 16.0 Å². The van der Waals surface area contributed by atoms with Crippen LogP contribution in [-0.2, 0) is 30.4 Å². The van der Waals surface area contributed by atoms with Gasteiger partial charge in [0.1, 0.15) is 14.7 Å². The molecule has 28 heteroatoms. The summed E-state index contributed by atoms with van der Waals surface area (Å²) in [5.74, 6) is -3.21. The van der Waals surface area contributed by atoms with E-state index in [2.05, 4.69) is 41.6 Å². The van der Waals surface area contributed by atoms with Crippen molar-refractivity contribution in [1.82, 2.24) is 4.90 Å². The lowest BCUT2D eigenvalue weighted by atomic mass is 10.2. The van der Waals surface area contributed by atoms with Crippen LogP contribution in [0.25, 0.3) is 0 Å². The third-order valence-electron chi connectivity index (χ3n) is 9.42. The highest BCUT2D eigenvalue weighted by Gasteiger charge is 2.22. The van der Waals surface area contributed by atoms with Gasteiger partial charge in [-0.05, 0) is 92.4 Å². The minimum atomic E-state index is -4.49. The van der Waals surface area contributed by atoms with Crippen LogP contribution in [0.2, 0.25) is 30.1 Å². The molecule has 6 aromatic rings. The molecule has 3 amide bonds. The Hall–Kier alpha value is -5.44. The predicted octanol–water partition coefficient (Wildman–Crippen LogP) is 10.9. The van der Waals surface area contributed by atoms with Gasteiger partial charge in [0.05, 0.1) is 47.2 Å².